The summed E-state index contributed by atoms with van der Waals surface area (Å²) < 4.78 is 83.6. The lowest BCUT2D eigenvalue weighted by Crippen LogP contribution is -2.34. The van der Waals surface area contributed by atoms with Gasteiger partial charge < -0.3 is 44.5 Å². The van der Waals surface area contributed by atoms with Crippen LogP contribution in [-0.4, -0.2) is 146 Å². The molecule has 0 saturated heterocycles. The number of carbonyl (C=O) groups excluding carboxylic acids is 2. The number of halogens is 4. The molecule has 0 aromatic heterocycles. The molecule has 390 valence electrons. The van der Waals surface area contributed by atoms with Crippen molar-refractivity contribution >= 4 is 78.3 Å². The van der Waals surface area contributed by atoms with E-state index >= 15 is 0 Å². The van der Waals surface area contributed by atoms with Gasteiger partial charge >= 0.3 is 0 Å². The van der Waals surface area contributed by atoms with Gasteiger partial charge in [0, 0.05) is 77.7 Å². The molecule has 0 saturated carbocycles. The van der Waals surface area contributed by atoms with Gasteiger partial charge in [0.1, 0.15) is 13.2 Å². The maximum absolute atomic E-state index is 12.9. The summed E-state index contributed by atoms with van der Waals surface area (Å²) in [6.07, 6.45) is 0. The minimum atomic E-state index is -3.76. The first-order chi connectivity index (χ1) is 34.0. The summed E-state index contributed by atoms with van der Waals surface area (Å²) in [5.74, 6) is -0.929. The Morgan fingerprint density at radius 2 is 1.13 bits per heavy atom. The van der Waals surface area contributed by atoms with Crippen LogP contribution in [0.1, 0.15) is 52.1 Å². The molecule has 4 aromatic rings. The highest BCUT2D eigenvalue weighted by atomic mass is 35.5. The van der Waals surface area contributed by atoms with E-state index in [4.69, 9.17) is 70.1 Å². The molecule has 71 heavy (non-hydrogen) atoms. The predicted molar refractivity (Wildman–Crippen MR) is 275 cm³/mol. The Hall–Kier alpha value is -3.48. The average molecular weight is 1110 g/mol. The van der Waals surface area contributed by atoms with Crippen LogP contribution in [0.3, 0.4) is 0 Å². The zero-order chi connectivity index (χ0) is 51.4. The van der Waals surface area contributed by atoms with Gasteiger partial charge in [-0.15, -0.1) is 0 Å². The van der Waals surface area contributed by atoms with Gasteiger partial charge in [0.15, 0.2) is 0 Å². The highest BCUT2D eigenvalue weighted by molar-refractivity contribution is 7.89. The van der Waals surface area contributed by atoms with Crippen LogP contribution < -0.4 is 25.4 Å². The number of ether oxygens (including phenoxy) is 5. The second-order valence-corrected chi connectivity index (χ2v) is 21.7. The highest BCUT2D eigenvalue weighted by Gasteiger charge is 2.28. The standard InChI is InChI=1S/C48H62Cl4N6O11S2/c1-33(40-24-36(49)26-45(51)42(40)28-53-2)34-4-8-38(9-5-34)70(61,62)56-14-18-67-22-20-65-16-12-54-47(59)31-69-32-48(60)55-13-17-66-21-23-68-19-15-57-71(63,64)39-10-6-35(7-11-39)43-29-58(3)30-44-41(43)25-37(50)27-46(44)52/h4-11,24-27,33,43,53,56-57H,12-23,28-32H2,1-3H3,(H,54,59)(H,55,60). The zero-order valence-corrected chi connectivity index (χ0v) is 44.5. The van der Waals surface area contributed by atoms with Crippen LogP contribution in [0.25, 0.3) is 0 Å². The lowest BCUT2D eigenvalue weighted by atomic mass is 9.85. The van der Waals surface area contributed by atoms with Crippen LogP contribution in [0.4, 0.5) is 0 Å². The van der Waals surface area contributed by atoms with E-state index in [9.17, 15) is 26.4 Å². The van der Waals surface area contributed by atoms with Gasteiger partial charge in [-0.3, -0.25) is 9.59 Å². The molecule has 1 heterocycles. The van der Waals surface area contributed by atoms with Crippen molar-refractivity contribution in [3.63, 3.8) is 0 Å². The molecule has 5 rings (SSSR count). The molecule has 2 unspecified atom stereocenters. The molecule has 23 heteroatoms. The molecule has 1 aliphatic rings. The lowest BCUT2D eigenvalue weighted by Gasteiger charge is -2.33. The number of carbonyl (C=O) groups is 2. The Balaban J connectivity index is 0.814. The highest BCUT2D eigenvalue weighted by Crippen LogP contribution is 2.39. The average Bonchev–Trinajstić information content (AvgIpc) is 3.33. The third kappa shape index (κ3) is 18.8. The van der Waals surface area contributed by atoms with Crippen LogP contribution in [-0.2, 0) is 66.4 Å². The third-order valence-electron chi connectivity index (χ3n) is 11.2. The first-order valence-corrected chi connectivity index (χ1v) is 27.4. The zero-order valence-electron chi connectivity index (χ0n) is 39.9. The molecule has 0 radical (unpaired) electrons. The predicted octanol–water partition coefficient (Wildman–Crippen LogP) is 5.32. The summed E-state index contributed by atoms with van der Waals surface area (Å²) in [6.45, 7) is 5.53. The molecule has 0 bridgehead atoms. The molecule has 17 nitrogen and oxygen atoms in total. The normalized spacial score (nSPS) is 14.5. The van der Waals surface area contributed by atoms with E-state index in [-0.39, 0.29) is 114 Å². The molecular formula is C48H62Cl4N6O11S2. The van der Waals surface area contributed by atoms with E-state index in [2.05, 4.69) is 30.3 Å². The van der Waals surface area contributed by atoms with Crippen molar-refractivity contribution in [1.29, 1.82) is 0 Å². The fraction of sp³-hybridized carbons (Fsp3) is 0.458. The van der Waals surface area contributed by atoms with Gasteiger partial charge in [-0.25, -0.2) is 26.3 Å². The van der Waals surface area contributed by atoms with Crippen molar-refractivity contribution in [1.82, 2.24) is 30.3 Å². The van der Waals surface area contributed by atoms with Gasteiger partial charge in [-0.05, 0) is 96.0 Å². The van der Waals surface area contributed by atoms with E-state index in [1.165, 1.54) is 0 Å². The number of rotatable bonds is 31. The van der Waals surface area contributed by atoms with Crippen LogP contribution in [0, 0.1) is 0 Å². The van der Waals surface area contributed by atoms with Gasteiger partial charge in [-0.2, -0.15) is 0 Å². The Bertz CT molecular complexity index is 2580. The number of benzene rings is 4. The Kier molecular flexibility index (Phi) is 24.2. The molecule has 0 spiro atoms. The number of amides is 2. The van der Waals surface area contributed by atoms with Crippen molar-refractivity contribution in [2.24, 2.45) is 0 Å². The van der Waals surface area contributed by atoms with Crippen LogP contribution >= 0.6 is 46.4 Å². The van der Waals surface area contributed by atoms with Crippen molar-refractivity contribution in [2.45, 2.75) is 41.6 Å². The van der Waals surface area contributed by atoms with Gasteiger partial charge in [-0.1, -0.05) is 77.6 Å². The summed E-state index contributed by atoms with van der Waals surface area (Å²) in [7, 11) is -3.67. The number of nitrogens with one attached hydrogen (secondary N) is 5. The Morgan fingerprint density at radius 1 is 0.648 bits per heavy atom. The molecule has 2 amide bonds. The quantitative estimate of drug-likeness (QED) is 0.0405. The number of sulfonamides is 2. The number of fused-ring (bicyclic) bond motifs is 1. The molecule has 2 atom stereocenters. The van der Waals surface area contributed by atoms with Crippen molar-refractivity contribution < 1.29 is 50.1 Å². The van der Waals surface area contributed by atoms with Crippen molar-refractivity contribution in [2.75, 3.05) is 113 Å². The molecule has 1 aliphatic heterocycles. The summed E-state index contributed by atoms with van der Waals surface area (Å²) >= 11 is 25.5. The summed E-state index contributed by atoms with van der Waals surface area (Å²) in [4.78, 5) is 26.5. The first-order valence-electron chi connectivity index (χ1n) is 22.9. The molecular weight excluding hydrogens is 1040 g/mol. The number of nitrogens with zero attached hydrogens (tertiary/aromatic N) is 1. The second kappa shape index (κ2) is 29.4. The molecule has 4 aromatic carbocycles. The first kappa shape index (κ1) is 58.4. The van der Waals surface area contributed by atoms with Crippen LogP contribution in [0.2, 0.25) is 20.1 Å². The number of hydrogen-bond acceptors (Lipinski definition) is 13. The monoisotopic (exact) mass is 1100 g/mol. The number of hydrogen-bond donors (Lipinski definition) is 5. The largest absolute Gasteiger partial charge is 0.378 e. The van der Waals surface area contributed by atoms with Gasteiger partial charge in [0.05, 0.1) is 62.6 Å². The fourth-order valence-corrected chi connectivity index (χ4v) is 10.8. The van der Waals surface area contributed by atoms with E-state index in [1.807, 2.05) is 45.3 Å². The lowest BCUT2D eigenvalue weighted by molar-refractivity contribution is -0.131. The van der Waals surface area contributed by atoms with Crippen LogP contribution in [0.5, 0.6) is 0 Å². The molecule has 5 N–H and O–H groups in total. The smallest absolute Gasteiger partial charge is 0.246 e. The molecule has 0 fully saturated rings. The third-order valence-corrected chi connectivity index (χ3v) is 15.3. The summed E-state index contributed by atoms with van der Waals surface area (Å²) in [5.41, 5.74) is 5.82. The van der Waals surface area contributed by atoms with Gasteiger partial charge in [0.25, 0.3) is 0 Å². The minimum Gasteiger partial charge on any atom is -0.378 e. The van der Waals surface area contributed by atoms with Crippen LogP contribution in [0.15, 0.2) is 82.6 Å². The topological polar surface area (TPSA) is 212 Å². The minimum absolute atomic E-state index is 0.00781. The van der Waals surface area contributed by atoms with E-state index in [0.29, 0.717) is 33.2 Å². The van der Waals surface area contributed by atoms with Gasteiger partial charge in [0.2, 0.25) is 31.9 Å². The maximum Gasteiger partial charge on any atom is 0.246 e. The Labute approximate surface area is 436 Å². The second-order valence-electron chi connectivity index (χ2n) is 16.5. The number of likely N-dealkylation sites (N-methyl/N-ethyl adjacent to an activating group) is 1. The summed E-state index contributed by atoms with van der Waals surface area (Å²) in [6, 6.07) is 20.7. The van der Waals surface area contributed by atoms with E-state index in [1.54, 1.807) is 48.5 Å². The molecule has 0 aliphatic carbocycles. The van der Waals surface area contributed by atoms with Crippen molar-refractivity contribution in [3.8, 4) is 0 Å². The van der Waals surface area contributed by atoms with E-state index < -0.39 is 31.9 Å². The Morgan fingerprint density at radius 3 is 1.65 bits per heavy atom. The fourth-order valence-electron chi connectivity index (χ4n) is 7.67. The van der Waals surface area contributed by atoms with Crippen molar-refractivity contribution in [3.05, 3.63) is 126 Å². The van der Waals surface area contributed by atoms with E-state index in [0.717, 1.165) is 39.9 Å². The maximum atomic E-state index is 12.9. The SMILES string of the molecule is CNCc1c(Cl)cc(Cl)cc1C(C)c1ccc(S(=O)(=O)NCCOCCOCCNC(=O)COCC(=O)NCCOCCOCCNS(=O)(=O)c2ccc(C3CN(C)Cc4c(Cl)cc(Cl)cc43)cc2)cc1. The summed E-state index contributed by atoms with van der Waals surface area (Å²) in [5, 5.41) is 10.6.